The van der Waals surface area contributed by atoms with Crippen LogP contribution >= 0.6 is 11.8 Å². The van der Waals surface area contributed by atoms with Gasteiger partial charge in [0, 0.05) is 11.3 Å². The predicted octanol–water partition coefficient (Wildman–Crippen LogP) is 2.69. The van der Waals surface area contributed by atoms with Crippen molar-refractivity contribution in [3.63, 3.8) is 0 Å². The maximum absolute atomic E-state index is 12.8. The highest BCUT2D eigenvalue weighted by Gasteiger charge is 2.11. The number of unbranched alkanes of at least 4 members (excludes halogenated alkanes) is 1. The van der Waals surface area contributed by atoms with Gasteiger partial charge >= 0.3 is 0 Å². The summed E-state index contributed by atoms with van der Waals surface area (Å²) in [5, 5.41) is 8.77. The lowest BCUT2D eigenvalue weighted by Crippen LogP contribution is -2.11. The summed E-state index contributed by atoms with van der Waals surface area (Å²) in [6.45, 7) is 2.14. The van der Waals surface area contributed by atoms with E-state index in [2.05, 4.69) is 17.1 Å². The van der Waals surface area contributed by atoms with Gasteiger partial charge in [0.2, 0.25) is 5.16 Å². The van der Waals surface area contributed by atoms with Crippen LogP contribution in [-0.4, -0.2) is 20.6 Å². The molecule has 0 bridgehead atoms. The molecule has 0 radical (unpaired) electrons. The van der Waals surface area contributed by atoms with Crippen LogP contribution in [0.15, 0.2) is 29.4 Å². The first-order chi connectivity index (χ1) is 8.72. The van der Waals surface area contributed by atoms with Crippen molar-refractivity contribution in [1.29, 1.82) is 0 Å². The molecule has 18 heavy (non-hydrogen) atoms. The second kappa shape index (κ2) is 5.86. The van der Waals surface area contributed by atoms with Crippen molar-refractivity contribution >= 4 is 11.8 Å². The van der Waals surface area contributed by atoms with E-state index in [1.165, 1.54) is 16.8 Å². The predicted molar refractivity (Wildman–Crippen MR) is 71.2 cm³/mol. The van der Waals surface area contributed by atoms with Gasteiger partial charge in [0.05, 0.1) is 0 Å². The fourth-order valence-electron chi connectivity index (χ4n) is 1.48. The highest BCUT2D eigenvalue weighted by Crippen LogP contribution is 2.22. The standard InChI is InChI=1S/C12H15FN4S/c1-2-3-8-18-12-16-15-11(17(12)14)9-4-6-10(13)7-5-9/h4-7H,2-3,8,14H2,1H3. The Labute approximate surface area is 109 Å². The molecular formula is C12H15FN4S. The second-order valence-electron chi connectivity index (χ2n) is 3.89. The fourth-order valence-corrected chi connectivity index (χ4v) is 2.42. The lowest BCUT2D eigenvalue weighted by Gasteiger charge is -2.03. The molecule has 96 valence electrons. The lowest BCUT2D eigenvalue weighted by atomic mass is 10.2. The monoisotopic (exact) mass is 266 g/mol. The third-order valence-corrected chi connectivity index (χ3v) is 3.53. The molecule has 1 heterocycles. The van der Waals surface area contributed by atoms with Crippen molar-refractivity contribution in [1.82, 2.24) is 14.9 Å². The summed E-state index contributed by atoms with van der Waals surface area (Å²) in [5.74, 6) is 7.17. The van der Waals surface area contributed by atoms with E-state index in [1.807, 2.05) is 0 Å². The van der Waals surface area contributed by atoms with Crippen LogP contribution in [0.2, 0.25) is 0 Å². The molecule has 2 aromatic rings. The first kappa shape index (κ1) is 12.9. The third-order valence-electron chi connectivity index (χ3n) is 2.50. The minimum absolute atomic E-state index is 0.278. The van der Waals surface area contributed by atoms with Gasteiger partial charge in [-0.1, -0.05) is 25.1 Å². The minimum atomic E-state index is -0.278. The van der Waals surface area contributed by atoms with E-state index in [4.69, 9.17) is 5.84 Å². The second-order valence-corrected chi connectivity index (χ2v) is 4.95. The van der Waals surface area contributed by atoms with E-state index < -0.39 is 0 Å². The van der Waals surface area contributed by atoms with Crippen LogP contribution in [0.4, 0.5) is 4.39 Å². The highest BCUT2D eigenvalue weighted by atomic mass is 32.2. The van der Waals surface area contributed by atoms with Crippen molar-refractivity contribution in [2.24, 2.45) is 0 Å². The van der Waals surface area contributed by atoms with Crippen LogP contribution < -0.4 is 5.84 Å². The maximum Gasteiger partial charge on any atom is 0.210 e. The molecule has 2 rings (SSSR count). The Morgan fingerprint density at radius 1 is 1.28 bits per heavy atom. The molecule has 0 saturated carbocycles. The van der Waals surface area contributed by atoms with Gasteiger partial charge in [0.25, 0.3) is 0 Å². The Bertz CT molecular complexity index is 509. The number of benzene rings is 1. The first-order valence-corrected chi connectivity index (χ1v) is 6.80. The van der Waals surface area contributed by atoms with Gasteiger partial charge < -0.3 is 5.84 Å². The number of nitrogens with two attached hydrogens (primary N) is 1. The molecule has 0 atom stereocenters. The average molecular weight is 266 g/mol. The van der Waals surface area contributed by atoms with Crippen LogP contribution in [-0.2, 0) is 0 Å². The summed E-state index contributed by atoms with van der Waals surface area (Å²) in [6.07, 6.45) is 2.25. The molecule has 0 aliphatic carbocycles. The summed E-state index contributed by atoms with van der Waals surface area (Å²) in [5.41, 5.74) is 0.758. The van der Waals surface area contributed by atoms with Crippen molar-refractivity contribution in [2.75, 3.05) is 11.6 Å². The Kier molecular flexibility index (Phi) is 4.19. The van der Waals surface area contributed by atoms with E-state index in [1.54, 1.807) is 23.9 Å². The van der Waals surface area contributed by atoms with Crippen molar-refractivity contribution < 1.29 is 4.39 Å². The molecule has 0 aliphatic heterocycles. The van der Waals surface area contributed by atoms with Gasteiger partial charge in [-0.25, -0.2) is 9.07 Å². The van der Waals surface area contributed by atoms with Crippen LogP contribution in [0, 0.1) is 5.82 Å². The van der Waals surface area contributed by atoms with E-state index in [0.29, 0.717) is 11.0 Å². The van der Waals surface area contributed by atoms with Gasteiger partial charge in [-0.3, -0.25) is 0 Å². The summed E-state index contributed by atoms with van der Waals surface area (Å²) >= 11 is 1.58. The topological polar surface area (TPSA) is 56.7 Å². The normalized spacial score (nSPS) is 10.8. The quantitative estimate of drug-likeness (QED) is 0.513. The summed E-state index contributed by atoms with van der Waals surface area (Å²) in [6, 6.07) is 6.05. The molecule has 0 spiro atoms. The Balaban J connectivity index is 2.17. The molecule has 2 N–H and O–H groups in total. The van der Waals surface area contributed by atoms with Crippen LogP contribution in [0.25, 0.3) is 11.4 Å². The number of aromatic nitrogens is 3. The van der Waals surface area contributed by atoms with Crippen LogP contribution in [0.1, 0.15) is 19.8 Å². The van der Waals surface area contributed by atoms with Gasteiger partial charge in [-0.05, 0) is 30.7 Å². The maximum atomic E-state index is 12.8. The minimum Gasteiger partial charge on any atom is -0.335 e. The molecule has 0 aliphatic rings. The van der Waals surface area contributed by atoms with Crippen molar-refractivity contribution in [3.05, 3.63) is 30.1 Å². The van der Waals surface area contributed by atoms with Crippen molar-refractivity contribution in [2.45, 2.75) is 24.9 Å². The first-order valence-electron chi connectivity index (χ1n) is 5.81. The molecule has 0 amide bonds. The van der Waals surface area contributed by atoms with Gasteiger partial charge in [0.15, 0.2) is 5.82 Å². The molecule has 0 fully saturated rings. The fraction of sp³-hybridized carbons (Fsp3) is 0.333. The smallest absolute Gasteiger partial charge is 0.210 e. The number of hydrogen-bond acceptors (Lipinski definition) is 4. The van der Waals surface area contributed by atoms with E-state index in [0.717, 1.165) is 24.2 Å². The molecule has 6 heteroatoms. The molecule has 1 aromatic carbocycles. The Hall–Kier alpha value is -1.56. The summed E-state index contributed by atoms with van der Waals surface area (Å²) in [7, 11) is 0. The van der Waals surface area contributed by atoms with Crippen LogP contribution in [0.5, 0.6) is 0 Å². The zero-order valence-corrected chi connectivity index (χ0v) is 11.0. The highest BCUT2D eigenvalue weighted by molar-refractivity contribution is 7.99. The largest absolute Gasteiger partial charge is 0.335 e. The molecular weight excluding hydrogens is 251 g/mol. The molecule has 0 unspecified atom stereocenters. The zero-order valence-electron chi connectivity index (χ0n) is 10.1. The average Bonchev–Trinajstić information content (AvgIpc) is 2.73. The molecule has 1 aromatic heterocycles. The Morgan fingerprint density at radius 2 is 2.00 bits per heavy atom. The Morgan fingerprint density at radius 3 is 2.67 bits per heavy atom. The number of nitrogens with zero attached hydrogens (tertiary/aromatic N) is 3. The number of hydrogen-bond donors (Lipinski definition) is 1. The summed E-state index contributed by atoms with van der Waals surface area (Å²) in [4.78, 5) is 0. The van der Waals surface area contributed by atoms with E-state index in [9.17, 15) is 4.39 Å². The van der Waals surface area contributed by atoms with Gasteiger partial charge in [0.1, 0.15) is 5.82 Å². The zero-order chi connectivity index (χ0) is 13.0. The molecule has 4 nitrogen and oxygen atoms in total. The number of halogens is 1. The SMILES string of the molecule is CCCCSc1nnc(-c2ccc(F)cc2)n1N. The summed E-state index contributed by atoms with van der Waals surface area (Å²) < 4.78 is 14.3. The van der Waals surface area contributed by atoms with E-state index in [-0.39, 0.29) is 5.82 Å². The van der Waals surface area contributed by atoms with Crippen LogP contribution in [0.3, 0.4) is 0 Å². The third kappa shape index (κ3) is 2.81. The number of rotatable bonds is 5. The molecule has 0 saturated heterocycles. The number of thioether (sulfide) groups is 1. The van der Waals surface area contributed by atoms with Gasteiger partial charge in [-0.2, -0.15) is 0 Å². The van der Waals surface area contributed by atoms with Gasteiger partial charge in [-0.15, -0.1) is 10.2 Å². The lowest BCUT2D eigenvalue weighted by molar-refractivity contribution is 0.628. The van der Waals surface area contributed by atoms with E-state index >= 15 is 0 Å². The van der Waals surface area contributed by atoms with Crippen molar-refractivity contribution in [3.8, 4) is 11.4 Å². The number of nitrogen functional groups attached to an aromatic ring is 1.